The van der Waals surface area contributed by atoms with Gasteiger partial charge < -0.3 is 20.1 Å². The number of carbonyl (C=O) groups excluding carboxylic acids is 2. The van der Waals surface area contributed by atoms with Crippen molar-refractivity contribution in [2.24, 2.45) is 0 Å². The van der Waals surface area contributed by atoms with Gasteiger partial charge in [-0.25, -0.2) is 0 Å². The Balaban J connectivity index is 1.38. The molecule has 2 aromatic rings. The molecule has 1 heterocycles. The van der Waals surface area contributed by atoms with Gasteiger partial charge in [0.1, 0.15) is 5.75 Å². The van der Waals surface area contributed by atoms with Crippen LogP contribution in [-0.2, 0) is 14.3 Å². The number of halogens is 1. The number of hydrogen-bond acceptors (Lipinski definition) is 5. The van der Waals surface area contributed by atoms with Gasteiger partial charge in [-0.1, -0.05) is 41.9 Å². The molecule has 1 atom stereocenters. The Bertz CT molecular complexity index is 863. The van der Waals surface area contributed by atoms with E-state index in [0.29, 0.717) is 29.6 Å². The first-order valence-corrected chi connectivity index (χ1v) is 10.3. The number of benzene rings is 2. The van der Waals surface area contributed by atoms with Crippen molar-refractivity contribution in [2.75, 3.05) is 45.2 Å². The van der Waals surface area contributed by atoms with Crippen molar-refractivity contribution in [1.29, 1.82) is 0 Å². The van der Waals surface area contributed by atoms with Crippen LogP contribution < -0.4 is 15.4 Å². The Labute approximate surface area is 181 Å². The summed E-state index contributed by atoms with van der Waals surface area (Å²) in [4.78, 5) is 26.4. The highest BCUT2D eigenvalue weighted by Crippen LogP contribution is 2.27. The van der Waals surface area contributed by atoms with Gasteiger partial charge in [-0.2, -0.15) is 0 Å². The Hall–Kier alpha value is -2.61. The van der Waals surface area contributed by atoms with E-state index in [-0.39, 0.29) is 6.10 Å². The normalized spacial score (nSPS) is 16.7. The molecule has 7 nitrogen and oxygen atoms in total. The second-order valence-corrected chi connectivity index (χ2v) is 7.39. The Morgan fingerprint density at radius 3 is 2.73 bits per heavy atom. The molecule has 2 N–H and O–H groups in total. The van der Waals surface area contributed by atoms with Gasteiger partial charge in [0.05, 0.1) is 24.8 Å². The van der Waals surface area contributed by atoms with Crippen molar-refractivity contribution in [3.63, 3.8) is 0 Å². The third-order valence-corrected chi connectivity index (χ3v) is 5.17. The van der Waals surface area contributed by atoms with Gasteiger partial charge >= 0.3 is 11.8 Å². The van der Waals surface area contributed by atoms with Crippen LogP contribution in [0.15, 0.2) is 48.5 Å². The van der Waals surface area contributed by atoms with E-state index in [0.717, 1.165) is 26.1 Å². The molecule has 160 valence electrons. The Morgan fingerprint density at radius 2 is 2.00 bits per heavy atom. The summed E-state index contributed by atoms with van der Waals surface area (Å²) < 4.78 is 10.9. The molecular weight excluding hydrogens is 406 g/mol. The average Bonchev–Trinajstić information content (AvgIpc) is 2.77. The largest absolute Gasteiger partial charge is 0.495 e. The lowest BCUT2D eigenvalue weighted by molar-refractivity contribution is -0.136. The standard InChI is InChI=1S/C22H26ClN3O4/c1-29-19-9-8-17(14-18(19)23)25-22(28)21(27)24-10-5-11-26-12-13-30-20(15-26)16-6-3-2-4-7-16/h2-4,6-9,14,20H,5,10-13,15H2,1H3,(H,24,27)(H,25,28). The Kier molecular flexibility index (Phi) is 8.07. The van der Waals surface area contributed by atoms with Gasteiger partial charge in [0.15, 0.2) is 0 Å². The van der Waals surface area contributed by atoms with Crippen LogP contribution in [0.5, 0.6) is 5.75 Å². The molecule has 1 saturated heterocycles. The lowest BCUT2D eigenvalue weighted by Crippen LogP contribution is -2.41. The molecule has 2 amide bonds. The zero-order valence-corrected chi connectivity index (χ0v) is 17.7. The van der Waals surface area contributed by atoms with Crippen LogP contribution in [0.4, 0.5) is 5.69 Å². The minimum absolute atomic E-state index is 0.0663. The fourth-order valence-corrected chi connectivity index (χ4v) is 3.55. The van der Waals surface area contributed by atoms with Crippen LogP contribution in [0.2, 0.25) is 5.02 Å². The predicted octanol–water partition coefficient (Wildman–Crippen LogP) is 2.87. The van der Waals surface area contributed by atoms with Crippen LogP contribution in [0.25, 0.3) is 0 Å². The zero-order chi connectivity index (χ0) is 21.3. The molecule has 0 radical (unpaired) electrons. The van der Waals surface area contributed by atoms with Crippen molar-refractivity contribution < 1.29 is 19.1 Å². The first-order chi connectivity index (χ1) is 14.6. The number of nitrogens with one attached hydrogen (secondary N) is 2. The third-order valence-electron chi connectivity index (χ3n) is 4.87. The van der Waals surface area contributed by atoms with Gasteiger partial charge in [-0.15, -0.1) is 0 Å². The maximum absolute atomic E-state index is 12.0. The molecule has 0 bridgehead atoms. The maximum Gasteiger partial charge on any atom is 0.313 e. The van der Waals surface area contributed by atoms with Gasteiger partial charge in [0.2, 0.25) is 0 Å². The van der Waals surface area contributed by atoms with Crippen LogP contribution in [-0.4, -0.2) is 56.6 Å². The fourth-order valence-electron chi connectivity index (χ4n) is 3.29. The van der Waals surface area contributed by atoms with Gasteiger partial charge in [0, 0.05) is 31.9 Å². The minimum Gasteiger partial charge on any atom is -0.495 e. The maximum atomic E-state index is 12.0. The molecule has 1 unspecified atom stereocenters. The molecule has 0 aromatic heterocycles. The van der Waals surface area contributed by atoms with Crippen LogP contribution in [0.1, 0.15) is 18.1 Å². The minimum atomic E-state index is -0.730. The number of nitrogens with zero attached hydrogens (tertiary/aromatic N) is 1. The summed E-state index contributed by atoms with van der Waals surface area (Å²) in [6.07, 6.45) is 0.811. The number of ether oxygens (including phenoxy) is 2. The molecule has 1 aliphatic rings. The molecular formula is C22H26ClN3O4. The van der Waals surface area contributed by atoms with E-state index in [2.05, 4.69) is 27.7 Å². The number of amides is 2. The highest BCUT2D eigenvalue weighted by atomic mass is 35.5. The summed E-state index contributed by atoms with van der Waals surface area (Å²) in [7, 11) is 1.51. The first-order valence-electron chi connectivity index (χ1n) is 9.88. The highest BCUT2D eigenvalue weighted by Gasteiger charge is 2.21. The van der Waals surface area contributed by atoms with Gasteiger partial charge in [0.25, 0.3) is 0 Å². The molecule has 3 rings (SSSR count). The lowest BCUT2D eigenvalue weighted by atomic mass is 10.1. The fraction of sp³-hybridized carbons (Fsp3) is 0.364. The van der Waals surface area contributed by atoms with E-state index in [4.69, 9.17) is 21.1 Å². The predicted molar refractivity (Wildman–Crippen MR) is 116 cm³/mol. The topological polar surface area (TPSA) is 79.9 Å². The van der Waals surface area contributed by atoms with E-state index in [1.54, 1.807) is 12.1 Å². The first kappa shape index (κ1) is 22.1. The van der Waals surface area contributed by atoms with E-state index in [1.165, 1.54) is 18.7 Å². The Morgan fingerprint density at radius 1 is 1.20 bits per heavy atom. The number of morpholine rings is 1. The van der Waals surface area contributed by atoms with E-state index >= 15 is 0 Å². The van der Waals surface area contributed by atoms with Crippen LogP contribution in [0, 0.1) is 0 Å². The van der Waals surface area contributed by atoms with Crippen LogP contribution >= 0.6 is 11.6 Å². The smallest absolute Gasteiger partial charge is 0.313 e. The number of anilines is 1. The second-order valence-electron chi connectivity index (χ2n) is 6.98. The zero-order valence-electron chi connectivity index (χ0n) is 16.9. The molecule has 30 heavy (non-hydrogen) atoms. The summed E-state index contributed by atoms with van der Waals surface area (Å²) in [5.74, 6) is -0.908. The summed E-state index contributed by atoms with van der Waals surface area (Å²) in [6, 6.07) is 14.9. The molecule has 1 aliphatic heterocycles. The summed E-state index contributed by atoms with van der Waals surface area (Å²) >= 11 is 6.03. The van der Waals surface area contributed by atoms with E-state index in [9.17, 15) is 9.59 Å². The summed E-state index contributed by atoms with van der Waals surface area (Å²) in [6.45, 7) is 3.59. The monoisotopic (exact) mass is 431 g/mol. The van der Waals surface area contributed by atoms with Crippen molar-refractivity contribution in [3.05, 3.63) is 59.1 Å². The third kappa shape index (κ3) is 6.19. The van der Waals surface area contributed by atoms with Crippen molar-refractivity contribution >= 4 is 29.1 Å². The number of hydrogen-bond donors (Lipinski definition) is 2. The highest BCUT2D eigenvalue weighted by molar-refractivity contribution is 6.40. The molecule has 0 saturated carbocycles. The number of methoxy groups -OCH3 is 1. The second kappa shape index (κ2) is 11.0. The SMILES string of the molecule is COc1ccc(NC(=O)C(=O)NCCCN2CCOC(c3ccccc3)C2)cc1Cl. The van der Waals surface area contributed by atoms with E-state index < -0.39 is 11.8 Å². The van der Waals surface area contributed by atoms with Crippen molar-refractivity contribution in [1.82, 2.24) is 10.2 Å². The molecule has 8 heteroatoms. The molecule has 0 aliphatic carbocycles. The number of rotatable bonds is 7. The van der Waals surface area contributed by atoms with Crippen molar-refractivity contribution in [3.8, 4) is 5.75 Å². The number of carbonyl (C=O) groups is 2. The summed E-state index contributed by atoms with van der Waals surface area (Å²) in [5.41, 5.74) is 1.60. The van der Waals surface area contributed by atoms with Crippen molar-refractivity contribution in [2.45, 2.75) is 12.5 Å². The molecule has 0 spiro atoms. The summed E-state index contributed by atoms with van der Waals surface area (Å²) in [5, 5.41) is 5.54. The van der Waals surface area contributed by atoms with E-state index in [1.807, 2.05) is 18.2 Å². The molecule has 1 fully saturated rings. The van der Waals surface area contributed by atoms with Gasteiger partial charge in [-0.05, 0) is 30.2 Å². The lowest BCUT2D eigenvalue weighted by Gasteiger charge is -2.33. The molecule has 2 aromatic carbocycles. The average molecular weight is 432 g/mol. The van der Waals surface area contributed by atoms with Gasteiger partial charge in [-0.3, -0.25) is 14.5 Å². The van der Waals surface area contributed by atoms with Crippen LogP contribution in [0.3, 0.4) is 0 Å². The quantitative estimate of drug-likeness (QED) is 0.520.